The predicted octanol–water partition coefficient (Wildman–Crippen LogP) is 4.44. The van der Waals surface area contributed by atoms with E-state index in [1.54, 1.807) is 18.7 Å². The summed E-state index contributed by atoms with van der Waals surface area (Å²) in [5, 5.41) is 6.06. The lowest BCUT2D eigenvalue weighted by Gasteiger charge is -2.45. The average Bonchev–Trinajstić information content (AvgIpc) is 2.83. The van der Waals surface area contributed by atoms with E-state index in [0.29, 0.717) is 18.1 Å². The summed E-state index contributed by atoms with van der Waals surface area (Å²) in [7, 11) is -4.72. The number of likely N-dealkylation sites (tertiary alicyclic amines) is 1. The lowest BCUT2D eigenvalue weighted by Crippen LogP contribution is -2.58. The minimum Gasteiger partial charge on any atom is -0.432 e. The number of phosphoric ester groups is 1. The van der Waals surface area contributed by atoms with E-state index >= 15 is 0 Å². The van der Waals surface area contributed by atoms with E-state index in [1.165, 1.54) is 12.5 Å². The standard InChI is InChI=1S/C27H43ClN3O9P/c1-17(2)22(23(32)31-13-12-21(26(4,5)16-31)19-8-10-20(28)11-9-19)30-24(33)29-15-27(6,7)39-25(34)38-14-18(3)40-41(35,36)37/h8-11,17-18,21-22H,12-16H2,1-7H3,(H2,29,30,33)(H2,35,36,37)/t18?,21?,22-/m1/s1. The number of amides is 3. The molecule has 1 aromatic rings. The molecule has 0 aliphatic carbocycles. The van der Waals surface area contributed by atoms with Crippen molar-refractivity contribution in [3.8, 4) is 0 Å². The number of phosphoric acid groups is 1. The first-order valence-corrected chi connectivity index (χ1v) is 15.4. The van der Waals surface area contributed by atoms with Crippen LogP contribution in [0.15, 0.2) is 24.3 Å². The fraction of sp³-hybridized carbons (Fsp3) is 0.667. The van der Waals surface area contributed by atoms with Crippen LogP contribution in [-0.4, -0.2) is 76.8 Å². The fourth-order valence-corrected chi connectivity index (χ4v) is 5.45. The van der Waals surface area contributed by atoms with Crippen molar-refractivity contribution in [2.45, 2.75) is 78.6 Å². The topological polar surface area (TPSA) is 164 Å². The molecule has 1 aliphatic rings. The Morgan fingerprint density at radius 3 is 2.32 bits per heavy atom. The molecule has 1 aliphatic heterocycles. The third-order valence-electron chi connectivity index (χ3n) is 6.82. The maximum absolute atomic E-state index is 13.5. The first-order chi connectivity index (χ1) is 18.8. The number of hydrogen-bond acceptors (Lipinski definition) is 7. The molecule has 1 saturated heterocycles. The summed E-state index contributed by atoms with van der Waals surface area (Å²) in [5.74, 6) is -0.0845. The van der Waals surface area contributed by atoms with Gasteiger partial charge >= 0.3 is 20.0 Å². The van der Waals surface area contributed by atoms with Gasteiger partial charge in [-0.3, -0.25) is 9.32 Å². The Morgan fingerprint density at radius 1 is 1.17 bits per heavy atom. The number of nitrogens with one attached hydrogen (secondary N) is 2. The number of ether oxygens (including phenoxy) is 2. The molecule has 0 aromatic heterocycles. The molecule has 14 heteroatoms. The van der Waals surface area contributed by atoms with Gasteiger partial charge in [0.1, 0.15) is 24.4 Å². The molecule has 1 heterocycles. The number of urea groups is 1. The summed E-state index contributed by atoms with van der Waals surface area (Å²) in [6.45, 7) is 12.9. The zero-order valence-corrected chi connectivity index (χ0v) is 26.3. The molecule has 0 saturated carbocycles. The Hall–Kier alpha value is -2.37. The van der Waals surface area contributed by atoms with Crippen molar-refractivity contribution in [2.24, 2.45) is 11.3 Å². The molecule has 2 unspecified atom stereocenters. The molecule has 3 atom stereocenters. The van der Waals surface area contributed by atoms with Crippen LogP contribution in [0.2, 0.25) is 5.02 Å². The van der Waals surface area contributed by atoms with Gasteiger partial charge in [0, 0.05) is 18.1 Å². The smallest absolute Gasteiger partial charge is 0.432 e. The molecule has 0 spiro atoms. The van der Waals surface area contributed by atoms with Crippen LogP contribution in [0, 0.1) is 11.3 Å². The maximum Gasteiger partial charge on any atom is 0.508 e. The van der Waals surface area contributed by atoms with Crippen LogP contribution in [0.4, 0.5) is 9.59 Å². The van der Waals surface area contributed by atoms with Crippen molar-refractivity contribution < 1.29 is 42.7 Å². The minimum atomic E-state index is -4.72. The Kier molecular flexibility index (Phi) is 12.1. The number of nitrogens with zero attached hydrogens (tertiary/aromatic N) is 1. The average molecular weight is 620 g/mol. The van der Waals surface area contributed by atoms with E-state index in [1.807, 2.05) is 38.1 Å². The van der Waals surface area contributed by atoms with Crippen LogP contribution in [-0.2, 0) is 23.4 Å². The molecule has 4 N–H and O–H groups in total. The van der Waals surface area contributed by atoms with E-state index in [9.17, 15) is 18.9 Å². The summed E-state index contributed by atoms with van der Waals surface area (Å²) >= 11 is 6.06. The number of halogens is 1. The van der Waals surface area contributed by atoms with Crippen LogP contribution >= 0.6 is 19.4 Å². The second kappa shape index (κ2) is 14.2. The Bertz CT molecular complexity index is 1110. The van der Waals surface area contributed by atoms with Crippen molar-refractivity contribution in [3.05, 3.63) is 34.9 Å². The van der Waals surface area contributed by atoms with Gasteiger partial charge in [0.2, 0.25) is 5.91 Å². The molecular formula is C27H43ClN3O9P. The number of carbonyl (C=O) groups excluding carboxylic acids is 3. The first-order valence-electron chi connectivity index (χ1n) is 13.5. The quantitative estimate of drug-likeness (QED) is 0.207. The van der Waals surface area contributed by atoms with Gasteiger partial charge in [-0.25, -0.2) is 14.2 Å². The number of benzene rings is 1. The largest absolute Gasteiger partial charge is 0.508 e. The first kappa shape index (κ1) is 34.8. The normalized spacial score (nSPS) is 18.8. The third-order valence-corrected chi connectivity index (χ3v) is 7.71. The molecule has 2 rings (SSSR count). The molecule has 1 aromatic carbocycles. The van der Waals surface area contributed by atoms with E-state index in [0.717, 1.165) is 6.42 Å². The maximum atomic E-state index is 13.5. The van der Waals surface area contributed by atoms with Gasteiger partial charge in [-0.15, -0.1) is 0 Å². The molecule has 232 valence electrons. The van der Waals surface area contributed by atoms with Crippen LogP contribution < -0.4 is 10.6 Å². The van der Waals surface area contributed by atoms with Crippen molar-refractivity contribution in [2.75, 3.05) is 26.2 Å². The Labute approximate surface area is 246 Å². The van der Waals surface area contributed by atoms with Crippen molar-refractivity contribution >= 4 is 37.5 Å². The highest BCUT2D eigenvalue weighted by Gasteiger charge is 2.40. The monoisotopic (exact) mass is 619 g/mol. The third kappa shape index (κ3) is 11.4. The van der Waals surface area contributed by atoms with E-state index in [2.05, 4.69) is 29.0 Å². The second-order valence-corrected chi connectivity index (χ2v) is 13.6. The van der Waals surface area contributed by atoms with Crippen molar-refractivity contribution in [1.29, 1.82) is 0 Å². The highest BCUT2D eigenvalue weighted by molar-refractivity contribution is 7.46. The van der Waals surface area contributed by atoms with Gasteiger partial charge < -0.3 is 34.8 Å². The highest BCUT2D eigenvalue weighted by Crippen LogP contribution is 2.42. The summed E-state index contributed by atoms with van der Waals surface area (Å²) in [6.07, 6.45) is -1.38. The molecule has 12 nitrogen and oxygen atoms in total. The van der Waals surface area contributed by atoms with Crippen molar-refractivity contribution in [1.82, 2.24) is 15.5 Å². The lowest BCUT2D eigenvalue weighted by atomic mass is 9.70. The Balaban J connectivity index is 1.90. The van der Waals surface area contributed by atoms with Gasteiger partial charge in [-0.1, -0.05) is 51.4 Å². The van der Waals surface area contributed by atoms with Crippen LogP contribution in [0.25, 0.3) is 0 Å². The minimum absolute atomic E-state index is 0.0962. The van der Waals surface area contributed by atoms with Gasteiger partial charge in [-0.2, -0.15) is 0 Å². The predicted molar refractivity (Wildman–Crippen MR) is 153 cm³/mol. The van der Waals surface area contributed by atoms with E-state index < -0.39 is 44.4 Å². The SMILES string of the molecule is CC(COC(=O)OC(C)(C)CNC(=O)N[C@@H](C(=O)N1CCC(c2ccc(Cl)cc2)C(C)(C)C1)C(C)C)OP(=O)(O)O. The van der Waals surface area contributed by atoms with E-state index in [4.69, 9.17) is 30.9 Å². The fourth-order valence-electron chi connectivity index (χ4n) is 4.79. The van der Waals surface area contributed by atoms with Crippen LogP contribution in [0.5, 0.6) is 0 Å². The summed E-state index contributed by atoms with van der Waals surface area (Å²) in [5.41, 5.74) is -0.198. The number of piperidine rings is 1. The van der Waals surface area contributed by atoms with Gasteiger partial charge in [0.25, 0.3) is 0 Å². The molecule has 0 bridgehead atoms. The van der Waals surface area contributed by atoms with Crippen LogP contribution in [0.3, 0.4) is 0 Å². The number of carbonyl (C=O) groups is 3. The summed E-state index contributed by atoms with van der Waals surface area (Å²) in [4.78, 5) is 57.7. The molecule has 41 heavy (non-hydrogen) atoms. The summed E-state index contributed by atoms with van der Waals surface area (Å²) in [6, 6.07) is 6.46. The van der Waals surface area contributed by atoms with Crippen LogP contribution in [0.1, 0.15) is 66.4 Å². The Morgan fingerprint density at radius 2 is 1.78 bits per heavy atom. The summed E-state index contributed by atoms with van der Waals surface area (Å²) < 4.78 is 25.3. The van der Waals surface area contributed by atoms with E-state index in [-0.39, 0.29) is 29.7 Å². The zero-order chi connectivity index (χ0) is 31.2. The highest BCUT2D eigenvalue weighted by atomic mass is 35.5. The molecule has 3 amide bonds. The lowest BCUT2D eigenvalue weighted by molar-refractivity contribution is -0.137. The van der Waals surface area contributed by atoms with Gasteiger partial charge in [0.15, 0.2) is 0 Å². The molecule has 0 radical (unpaired) electrons. The van der Waals surface area contributed by atoms with Gasteiger partial charge in [-0.05, 0) is 62.1 Å². The number of hydrogen-bond donors (Lipinski definition) is 4. The number of rotatable bonds is 11. The zero-order valence-electron chi connectivity index (χ0n) is 24.7. The molecular weight excluding hydrogens is 577 g/mol. The van der Waals surface area contributed by atoms with Crippen molar-refractivity contribution in [3.63, 3.8) is 0 Å². The molecule has 1 fully saturated rings. The second-order valence-electron chi connectivity index (χ2n) is 12.0. The van der Waals surface area contributed by atoms with Gasteiger partial charge in [0.05, 0.1) is 6.54 Å².